The van der Waals surface area contributed by atoms with E-state index in [4.69, 9.17) is 17.3 Å². The van der Waals surface area contributed by atoms with Gasteiger partial charge in [0.2, 0.25) is 15.9 Å². The van der Waals surface area contributed by atoms with Crippen molar-refractivity contribution >= 4 is 27.5 Å². The summed E-state index contributed by atoms with van der Waals surface area (Å²) in [6, 6.07) is 3.40. The molecule has 1 rings (SSSR count). The molecule has 0 spiro atoms. The van der Waals surface area contributed by atoms with Crippen LogP contribution >= 0.6 is 11.6 Å². The van der Waals surface area contributed by atoms with E-state index < -0.39 is 16.1 Å². The first-order chi connectivity index (χ1) is 9.31. The van der Waals surface area contributed by atoms with Crippen LogP contribution in [0.5, 0.6) is 0 Å². The molecule has 1 aromatic rings. The van der Waals surface area contributed by atoms with Gasteiger partial charge in [0.25, 0.3) is 0 Å². The second kappa shape index (κ2) is 7.03. The molecule has 1 amide bonds. The van der Waals surface area contributed by atoms with Crippen molar-refractivity contribution in [2.75, 3.05) is 6.54 Å². The highest BCUT2D eigenvalue weighted by Gasteiger charge is 2.22. The van der Waals surface area contributed by atoms with Crippen molar-refractivity contribution in [1.82, 2.24) is 10.0 Å². The average molecular weight is 320 g/mol. The zero-order chi connectivity index (χ0) is 15.3. The van der Waals surface area contributed by atoms with Gasteiger partial charge in [-0.3, -0.25) is 4.79 Å². The van der Waals surface area contributed by atoms with E-state index in [1.54, 1.807) is 13.0 Å². The number of hydrogen-bond acceptors (Lipinski definition) is 4. The molecule has 8 heteroatoms. The maximum Gasteiger partial charge on any atom is 0.241 e. The molecule has 1 unspecified atom stereocenters. The number of amides is 1. The fourth-order valence-corrected chi connectivity index (χ4v) is 3.09. The van der Waals surface area contributed by atoms with Crippen molar-refractivity contribution in [3.8, 4) is 0 Å². The van der Waals surface area contributed by atoms with Crippen LogP contribution in [0.3, 0.4) is 0 Å². The summed E-state index contributed by atoms with van der Waals surface area (Å²) < 4.78 is 26.5. The highest BCUT2D eigenvalue weighted by atomic mass is 35.5. The number of rotatable bonds is 6. The maximum absolute atomic E-state index is 12.1. The molecule has 0 fully saturated rings. The Kier molecular flexibility index (Phi) is 5.94. The van der Waals surface area contributed by atoms with Crippen LogP contribution in [0.4, 0.5) is 0 Å². The smallest absolute Gasteiger partial charge is 0.241 e. The first-order valence-electron chi connectivity index (χ1n) is 6.10. The Bertz CT molecular complexity index is 590. The fourth-order valence-electron chi connectivity index (χ4n) is 1.54. The Morgan fingerprint density at radius 1 is 1.45 bits per heavy atom. The lowest BCUT2D eigenvalue weighted by Crippen LogP contribution is -2.44. The van der Waals surface area contributed by atoms with E-state index in [1.807, 2.05) is 0 Å². The summed E-state index contributed by atoms with van der Waals surface area (Å²) in [6.07, 6.45) is 0. The Morgan fingerprint density at radius 2 is 2.10 bits per heavy atom. The second-order valence-electron chi connectivity index (χ2n) is 4.19. The van der Waals surface area contributed by atoms with Crippen LogP contribution in [0.25, 0.3) is 0 Å². The molecule has 0 saturated heterocycles. The Morgan fingerprint density at radius 3 is 2.60 bits per heavy atom. The second-order valence-corrected chi connectivity index (χ2v) is 6.32. The Hall–Kier alpha value is -1.15. The van der Waals surface area contributed by atoms with Crippen molar-refractivity contribution in [2.45, 2.75) is 31.3 Å². The summed E-state index contributed by atoms with van der Waals surface area (Å²) in [5.74, 6) is -0.388. The van der Waals surface area contributed by atoms with Crippen LogP contribution in [0.1, 0.15) is 19.4 Å². The third-order valence-corrected chi connectivity index (χ3v) is 4.52. The van der Waals surface area contributed by atoms with Crippen molar-refractivity contribution in [3.63, 3.8) is 0 Å². The first-order valence-corrected chi connectivity index (χ1v) is 7.96. The van der Waals surface area contributed by atoms with Gasteiger partial charge in [0, 0.05) is 18.1 Å². The minimum absolute atomic E-state index is 0.00384. The molecule has 0 aliphatic heterocycles. The van der Waals surface area contributed by atoms with Crippen molar-refractivity contribution in [2.24, 2.45) is 5.73 Å². The van der Waals surface area contributed by atoms with Gasteiger partial charge in [0.05, 0.1) is 10.9 Å². The summed E-state index contributed by atoms with van der Waals surface area (Å²) in [5.41, 5.74) is 6.12. The van der Waals surface area contributed by atoms with E-state index in [1.165, 1.54) is 19.1 Å². The standard InChI is InChI=1S/C12H18ClN3O3S/c1-3-15-12(17)8(2)16-20(18,19)10-5-4-9(7-14)11(13)6-10/h4-6,8,16H,3,7,14H2,1-2H3,(H,15,17). The number of sulfonamides is 1. The van der Waals surface area contributed by atoms with Crippen LogP contribution < -0.4 is 15.8 Å². The van der Waals surface area contributed by atoms with Crippen molar-refractivity contribution in [1.29, 1.82) is 0 Å². The van der Waals surface area contributed by atoms with E-state index in [0.29, 0.717) is 12.1 Å². The number of nitrogens with one attached hydrogen (secondary N) is 2. The molecule has 0 aromatic heterocycles. The van der Waals surface area contributed by atoms with Crippen LogP contribution in [-0.4, -0.2) is 26.9 Å². The molecule has 0 radical (unpaired) electrons. The molecule has 4 N–H and O–H groups in total. The molecule has 1 aromatic carbocycles. The van der Waals surface area contributed by atoms with Gasteiger partial charge < -0.3 is 11.1 Å². The van der Waals surface area contributed by atoms with Gasteiger partial charge in [-0.1, -0.05) is 17.7 Å². The molecule has 0 aliphatic carbocycles. The number of halogens is 1. The molecule has 0 aliphatic rings. The van der Waals surface area contributed by atoms with Gasteiger partial charge in [0.15, 0.2) is 0 Å². The lowest BCUT2D eigenvalue weighted by molar-refractivity contribution is -0.122. The maximum atomic E-state index is 12.1. The van der Waals surface area contributed by atoms with Gasteiger partial charge in [-0.15, -0.1) is 0 Å². The van der Waals surface area contributed by atoms with E-state index in [2.05, 4.69) is 10.0 Å². The normalized spacial score (nSPS) is 13.0. The number of carbonyl (C=O) groups is 1. The Balaban J connectivity index is 2.94. The van der Waals surface area contributed by atoms with Crippen molar-refractivity contribution < 1.29 is 13.2 Å². The first kappa shape index (κ1) is 16.9. The molecule has 20 heavy (non-hydrogen) atoms. The molecule has 112 valence electrons. The third kappa shape index (κ3) is 4.17. The number of nitrogens with two attached hydrogens (primary N) is 1. The minimum atomic E-state index is -3.81. The topological polar surface area (TPSA) is 101 Å². The van der Waals surface area contributed by atoms with Gasteiger partial charge in [0.1, 0.15) is 0 Å². The molecule has 0 bridgehead atoms. The number of hydrogen-bond donors (Lipinski definition) is 3. The van der Waals surface area contributed by atoms with Crippen molar-refractivity contribution in [3.05, 3.63) is 28.8 Å². The van der Waals surface area contributed by atoms with Crippen LogP contribution in [0.15, 0.2) is 23.1 Å². The van der Waals surface area contributed by atoms with E-state index >= 15 is 0 Å². The molecule has 6 nitrogen and oxygen atoms in total. The molecule has 0 saturated carbocycles. The van der Waals surface area contributed by atoms with Gasteiger partial charge in [-0.25, -0.2) is 8.42 Å². The van der Waals surface area contributed by atoms with E-state index in [-0.39, 0.29) is 22.4 Å². The average Bonchev–Trinajstić information content (AvgIpc) is 2.38. The van der Waals surface area contributed by atoms with Gasteiger partial charge >= 0.3 is 0 Å². The van der Waals surface area contributed by atoms with E-state index in [0.717, 1.165) is 0 Å². The molecular formula is C12H18ClN3O3S. The molecule has 0 heterocycles. The zero-order valence-electron chi connectivity index (χ0n) is 11.3. The van der Waals surface area contributed by atoms with Gasteiger partial charge in [-0.2, -0.15) is 4.72 Å². The van der Waals surface area contributed by atoms with Crippen LogP contribution in [0, 0.1) is 0 Å². The summed E-state index contributed by atoms with van der Waals surface area (Å²) in [4.78, 5) is 11.5. The fraction of sp³-hybridized carbons (Fsp3) is 0.417. The summed E-state index contributed by atoms with van der Waals surface area (Å²) in [7, 11) is -3.81. The lowest BCUT2D eigenvalue weighted by Gasteiger charge is -2.14. The summed E-state index contributed by atoms with van der Waals surface area (Å²) in [6.45, 7) is 3.88. The number of carbonyl (C=O) groups excluding carboxylic acids is 1. The predicted octanol–water partition coefficient (Wildman–Crippen LogP) is 0.602. The number of benzene rings is 1. The lowest BCUT2D eigenvalue weighted by atomic mass is 10.2. The number of likely N-dealkylation sites (N-methyl/N-ethyl adjacent to an activating group) is 1. The SMILES string of the molecule is CCNC(=O)C(C)NS(=O)(=O)c1ccc(CN)c(Cl)c1. The highest BCUT2D eigenvalue weighted by Crippen LogP contribution is 2.20. The van der Waals surface area contributed by atoms with Crippen LogP contribution in [-0.2, 0) is 21.4 Å². The quantitative estimate of drug-likeness (QED) is 0.714. The predicted molar refractivity (Wildman–Crippen MR) is 77.8 cm³/mol. The molecular weight excluding hydrogens is 302 g/mol. The highest BCUT2D eigenvalue weighted by molar-refractivity contribution is 7.89. The van der Waals surface area contributed by atoms with E-state index in [9.17, 15) is 13.2 Å². The van der Waals surface area contributed by atoms with Gasteiger partial charge in [-0.05, 0) is 31.5 Å². The monoisotopic (exact) mass is 319 g/mol. The molecule has 1 atom stereocenters. The largest absolute Gasteiger partial charge is 0.355 e. The zero-order valence-corrected chi connectivity index (χ0v) is 12.9. The summed E-state index contributed by atoms with van der Waals surface area (Å²) >= 11 is 5.93. The Labute approximate surface area is 123 Å². The minimum Gasteiger partial charge on any atom is -0.355 e. The van der Waals surface area contributed by atoms with Crippen LogP contribution in [0.2, 0.25) is 5.02 Å². The summed E-state index contributed by atoms with van der Waals surface area (Å²) in [5, 5.41) is 2.82. The third-order valence-electron chi connectivity index (χ3n) is 2.63.